The Morgan fingerprint density at radius 2 is 1.48 bits per heavy atom. The number of aromatic amines is 1. The molecule has 0 saturated carbocycles. The average Bonchev–Trinajstić information content (AvgIpc) is 3.14. The molecule has 0 radical (unpaired) electrons. The summed E-state index contributed by atoms with van der Waals surface area (Å²) in [6, 6.07) is 18.7. The summed E-state index contributed by atoms with van der Waals surface area (Å²) in [6.45, 7) is 9.49. The molecule has 0 fully saturated rings. The fourth-order valence-corrected chi connectivity index (χ4v) is 2.77. The van der Waals surface area contributed by atoms with Crippen molar-refractivity contribution in [3.05, 3.63) is 83.9 Å². The fraction of sp³-hybridized carbons (Fsp3) is 0.375. The van der Waals surface area contributed by atoms with Crippen LogP contribution in [0.2, 0.25) is 0 Å². The Balaban J connectivity index is 0.000000244. The van der Waals surface area contributed by atoms with Gasteiger partial charge in [-0.1, -0.05) is 70.2 Å². The number of hydrogen-bond donors (Lipinski definition) is 1. The van der Waals surface area contributed by atoms with Crippen LogP contribution in [-0.2, 0) is 19.4 Å². The highest BCUT2D eigenvalue weighted by Crippen LogP contribution is 2.16. The molecule has 3 rings (SSSR count). The van der Waals surface area contributed by atoms with E-state index in [-0.39, 0.29) is 0 Å². The van der Waals surface area contributed by atoms with Gasteiger partial charge in [0.2, 0.25) is 0 Å². The minimum Gasteiger partial charge on any atom is -0.489 e. The number of ether oxygens (including phenoxy) is 1. The van der Waals surface area contributed by atoms with E-state index >= 15 is 0 Å². The maximum absolute atomic E-state index is 5.75. The Kier molecular flexibility index (Phi) is 8.63. The van der Waals surface area contributed by atoms with Gasteiger partial charge in [0.15, 0.2) is 0 Å². The van der Waals surface area contributed by atoms with Gasteiger partial charge in [0.1, 0.15) is 12.4 Å². The quantitative estimate of drug-likeness (QED) is 0.552. The van der Waals surface area contributed by atoms with Crippen LogP contribution in [0.5, 0.6) is 5.75 Å². The number of benzene rings is 2. The molecule has 0 saturated heterocycles. The molecule has 0 aliphatic carbocycles. The first kappa shape index (κ1) is 20.8. The van der Waals surface area contributed by atoms with Crippen LogP contribution in [0.1, 0.15) is 44.5 Å². The Bertz CT molecular complexity index is 732. The topological polar surface area (TPSA) is 37.9 Å². The summed E-state index contributed by atoms with van der Waals surface area (Å²) in [5.74, 6) is 2.35. The second-order valence-corrected chi connectivity index (χ2v) is 7.69. The summed E-state index contributed by atoms with van der Waals surface area (Å²) in [6.07, 6.45) is 5.82. The van der Waals surface area contributed by atoms with Crippen LogP contribution in [0.3, 0.4) is 0 Å². The Labute approximate surface area is 163 Å². The molecule has 3 aromatic rings. The van der Waals surface area contributed by atoms with E-state index in [0.717, 1.165) is 18.6 Å². The third-order valence-electron chi connectivity index (χ3n) is 4.00. The SMILES string of the molecule is CC(C)Cc1ccc(OCc2ccccc2)cc1.CC(C)Cc1cnc[nH]1. The summed E-state index contributed by atoms with van der Waals surface area (Å²) < 4.78 is 5.75. The molecule has 3 nitrogen and oxygen atoms in total. The highest BCUT2D eigenvalue weighted by Gasteiger charge is 1.99. The monoisotopic (exact) mass is 364 g/mol. The molecule has 0 spiro atoms. The van der Waals surface area contributed by atoms with Crippen LogP contribution in [-0.4, -0.2) is 9.97 Å². The van der Waals surface area contributed by atoms with Gasteiger partial charge in [-0.3, -0.25) is 0 Å². The van der Waals surface area contributed by atoms with Crippen molar-refractivity contribution >= 4 is 0 Å². The highest BCUT2D eigenvalue weighted by molar-refractivity contribution is 5.28. The Hall–Kier alpha value is -2.55. The van der Waals surface area contributed by atoms with Crippen molar-refractivity contribution in [1.29, 1.82) is 0 Å². The first-order valence-electron chi connectivity index (χ1n) is 9.76. The zero-order chi connectivity index (χ0) is 19.5. The average molecular weight is 365 g/mol. The van der Waals surface area contributed by atoms with Crippen LogP contribution < -0.4 is 4.74 Å². The first-order valence-corrected chi connectivity index (χ1v) is 9.76. The molecule has 0 aliphatic heterocycles. The van der Waals surface area contributed by atoms with Crippen LogP contribution in [0.25, 0.3) is 0 Å². The molecule has 0 amide bonds. The van der Waals surface area contributed by atoms with Gasteiger partial charge < -0.3 is 9.72 Å². The van der Waals surface area contributed by atoms with Crippen molar-refractivity contribution in [3.63, 3.8) is 0 Å². The number of hydrogen-bond acceptors (Lipinski definition) is 2. The van der Waals surface area contributed by atoms with E-state index in [0.29, 0.717) is 18.4 Å². The van der Waals surface area contributed by atoms with Crippen molar-refractivity contribution in [2.45, 2.75) is 47.1 Å². The second kappa shape index (κ2) is 11.2. The lowest BCUT2D eigenvalue weighted by molar-refractivity contribution is 0.306. The zero-order valence-corrected chi connectivity index (χ0v) is 17.0. The molecule has 0 aliphatic rings. The number of aromatic nitrogens is 2. The van der Waals surface area contributed by atoms with Gasteiger partial charge in [-0.25, -0.2) is 4.98 Å². The summed E-state index contributed by atoms with van der Waals surface area (Å²) in [4.78, 5) is 6.98. The molecule has 0 unspecified atom stereocenters. The second-order valence-electron chi connectivity index (χ2n) is 7.69. The van der Waals surface area contributed by atoms with Gasteiger partial charge in [-0.05, 0) is 47.9 Å². The van der Waals surface area contributed by atoms with E-state index in [4.69, 9.17) is 4.74 Å². The molecule has 3 heteroatoms. The molecule has 1 N–H and O–H groups in total. The molecule has 0 atom stereocenters. The molecular formula is C24H32N2O. The van der Waals surface area contributed by atoms with E-state index in [2.05, 4.69) is 74.1 Å². The Morgan fingerprint density at radius 3 is 2.04 bits per heavy atom. The Morgan fingerprint density at radius 1 is 0.815 bits per heavy atom. The van der Waals surface area contributed by atoms with E-state index < -0.39 is 0 Å². The van der Waals surface area contributed by atoms with Crippen molar-refractivity contribution in [3.8, 4) is 5.75 Å². The van der Waals surface area contributed by atoms with Crippen molar-refractivity contribution in [2.75, 3.05) is 0 Å². The number of H-pyrrole nitrogens is 1. The molecule has 2 aromatic carbocycles. The lowest BCUT2D eigenvalue weighted by atomic mass is 10.0. The van der Waals surface area contributed by atoms with Gasteiger partial charge in [0.25, 0.3) is 0 Å². The third kappa shape index (κ3) is 8.59. The number of nitrogens with zero attached hydrogens (tertiary/aromatic N) is 1. The highest BCUT2D eigenvalue weighted by atomic mass is 16.5. The van der Waals surface area contributed by atoms with Gasteiger partial charge in [0, 0.05) is 11.9 Å². The zero-order valence-electron chi connectivity index (χ0n) is 17.0. The smallest absolute Gasteiger partial charge is 0.119 e. The van der Waals surface area contributed by atoms with Gasteiger partial charge in [-0.2, -0.15) is 0 Å². The van der Waals surface area contributed by atoms with Crippen LogP contribution in [0.15, 0.2) is 67.1 Å². The van der Waals surface area contributed by atoms with Crippen LogP contribution >= 0.6 is 0 Å². The minimum atomic E-state index is 0.629. The standard InChI is InChI=1S/C17H20O.C7H12N2/c1-14(2)12-15-8-10-17(11-9-15)18-13-16-6-4-3-5-7-16;1-6(2)3-7-4-8-5-9-7/h3-11,14H,12-13H2,1-2H3;4-6H,3H2,1-2H3,(H,8,9). The van der Waals surface area contributed by atoms with Gasteiger partial charge >= 0.3 is 0 Å². The summed E-state index contributed by atoms with van der Waals surface area (Å²) in [5.41, 5.74) is 3.80. The number of rotatable bonds is 7. The molecule has 1 heterocycles. The van der Waals surface area contributed by atoms with Gasteiger partial charge in [0.05, 0.1) is 6.33 Å². The van der Waals surface area contributed by atoms with Crippen molar-refractivity contribution in [1.82, 2.24) is 9.97 Å². The molecular weight excluding hydrogens is 332 g/mol. The van der Waals surface area contributed by atoms with Gasteiger partial charge in [-0.15, -0.1) is 0 Å². The lowest BCUT2D eigenvalue weighted by Crippen LogP contribution is -1.96. The summed E-state index contributed by atoms with van der Waals surface area (Å²) in [5, 5.41) is 0. The van der Waals surface area contributed by atoms with E-state index in [9.17, 15) is 0 Å². The predicted octanol–water partition coefficient (Wildman–Crippen LogP) is 6.07. The molecule has 1 aromatic heterocycles. The molecule has 27 heavy (non-hydrogen) atoms. The predicted molar refractivity (Wildman–Crippen MR) is 113 cm³/mol. The van der Waals surface area contributed by atoms with Crippen LogP contribution in [0, 0.1) is 11.8 Å². The number of imidazole rings is 1. The molecule has 144 valence electrons. The number of nitrogens with one attached hydrogen (secondary N) is 1. The lowest BCUT2D eigenvalue weighted by Gasteiger charge is -2.08. The van der Waals surface area contributed by atoms with Crippen molar-refractivity contribution < 1.29 is 4.74 Å². The third-order valence-corrected chi connectivity index (χ3v) is 4.00. The fourth-order valence-electron chi connectivity index (χ4n) is 2.77. The largest absolute Gasteiger partial charge is 0.489 e. The van der Waals surface area contributed by atoms with E-state index in [1.807, 2.05) is 24.4 Å². The van der Waals surface area contributed by atoms with Crippen LogP contribution in [0.4, 0.5) is 0 Å². The normalized spacial score (nSPS) is 10.6. The molecule has 0 bridgehead atoms. The van der Waals surface area contributed by atoms with E-state index in [1.165, 1.54) is 16.8 Å². The summed E-state index contributed by atoms with van der Waals surface area (Å²) >= 11 is 0. The maximum Gasteiger partial charge on any atom is 0.119 e. The minimum absolute atomic E-state index is 0.629. The maximum atomic E-state index is 5.75. The van der Waals surface area contributed by atoms with Crippen molar-refractivity contribution in [2.24, 2.45) is 11.8 Å². The summed E-state index contributed by atoms with van der Waals surface area (Å²) in [7, 11) is 0. The first-order chi connectivity index (χ1) is 13.0. The van der Waals surface area contributed by atoms with E-state index in [1.54, 1.807) is 6.33 Å².